The number of nitrogens with zero attached hydrogens (tertiary/aromatic N) is 3. The van der Waals surface area contributed by atoms with Crippen molar-refractivity contribution >= 4 is 11.6 Å². The van der Waals surface area contributed by atoms with Crippen LogP contribution in [0.5, 0.6) is 0 Å². The summed E-state index contributed by atoms with van der Waals surface area (Å²) in [5.41, 5.74) is 10.3. The number of rotatable bonds is 4. The van der Waals surface area contributed by atoms with E-state index >= 15 is 0 Å². The highest BCUT2D eigenvalue weighted by atomic mass is 15.3. The Morgan fingerprint density at radius 3 is 2.54 bits per heavy atom. The summed E-state index contributed by atoms with van der Waals surface area (Å²) in [4.78, 5) is 11.6. The Hall–Kier alpha value is -1.62. The van der Waals surface area contributed by atoms with E-state index in [9.17, 15) is 0 Å². The third-order valence-electron chi connectivity index (χ3n) is 6.57. The lowest BCUT2D eigenvalue weighted by Gasteiger charge is -2.33. The predicted octanol–water partition coefficient (Wildman–Crippen LogP) is 3.94. The largest absolute Gasteiger partial charge is 0.356 e. The summed E-state index contributed by atoms with van der Waals surface area (Å²) in [6, 6.07) is 0. The number of aromatic nitrogens is 2. The minimum absolute atomic E-state index is 0.0309. The van der Waals surface area contributed by atoms with Gasteiger partial charge in [0.15, 0.2) is 0 Å². The van der Waals surface area contributed by atoms with E-state index < -0.39 is 0 Å². The van der Waals surface area contributed by atoms with Gasteiger partial charge in [0, 0.05) is 30.7 Å². The zero-order valence-corrected chi connectivity index (χ0v) is 16.5. The van der Waals surface area contributed by atoms with Crippen LogP contribution < -0.4 is 16.0 Å². The van der Waals surface area contributed by atoms with Crippen molar-refractivity contribution in [3.8, 4) is 0 Å². The SMILES string of the molecule is CC1CC2=C(Nc3cnc(N4CCC(C(C)C)CC4)nc3)CC(N)(C2)C1. The van der Waals surface area contributed by atoms with Gasteiger partial charge in [0.25, 0.3) is 0 Å². The highest BCUT2D eigenvalue weighted by Gasteiger charge is 2.40. The first-order valence-corrected chi connectivity index (χ1v) is 10.3. The van der Waals surface area contributed by atoms with E-state index in [4.69, 9.17) is 5.73 Å². The van der Waals surface area contributed by atoms with Crippen molar-refractivity contribution in [1.29, 1.82) is 0 Å². The molecule has 3 N–H and O–H groups in total. The zero-order valence-electron chi connectivity index (χ0n) is 16.5. The van der Waals surface area contributed by atoms with Crippen LogP contribution in [0.4, 0.5) is 11.6 Å². The summed E-state index contributed by atoms with van der Waals surface area (Å²) in [7, 11) is 0. The highest BCUT2D eigenvalue weighted by Crippen LogP contribution is 2.45. The van der Waals surface area contributed by atoms with Crippen LogP contribution in [-0.4, -0.2) is 28.6 Å². The molecule has 2 heterocycles. The van der Waals surface area contributed by atoms with Crippen molar-refractivity contribution in [2.45, 2.75) is 64.8 Å². The van der Waals surface area contributed by atoms with Crippen molar-refractivity contribution in [2.24, 2.45) is 23.5 Å². The third-order valence-corrected chi connectivity index (χ3v) is 6.57. The van der Waals surface area contributed by atoms with Crippen molar-refractivity contribution in [1.82, 2.24) is 9.97 Å². The Balaban J connectivity index is 1.39. The van der Waals surface area contributed by atoms with Gasteiger partial charge >= 0.3 is 0 Å². The Morgan fingerprint density at radius 2 is 1.88 bits per heavy atom. The van der Waals surface area contributed by atoms with Crippen molar-refractivity contribution in [2.75, 3.05) is 23.3 Å². The summed E-state index contributed by atoms with van der Waals surface area (Å²) in [5, 5.41) is 3.57. The fourth-order valence-electron chi connectivity index (χ4n) is 5.22. The molecule has 3 aliphatic rings. The molecule has 0 spiro atoms. The maximum Gasteiger partial charge on any atom is 0.225 e. The summed E-state index contributed by atoms with van der Waals surface area (Å²) < 4.78 is 0. The Kier molecular flexibility index (Phi) is 4.68. The van der Waals surface area contributed by atoms with Crippen molar-refractivity contribution < 1.29 is 0 Å². The minimum atomic E-state index is -0.0309. The maximum atomic E-state index is 6.57. The Labute approximate surface area is 157 Å². The van der Waals surface area contributed by atoms with E-state index in [1.165, 1.54) is 30.5 Å². The molecule has 1 aromatic rings. The monoisotopic (exact) mass is 355 g/mol. The van der Waals surface area contributed by atoms with Gasteiger partial charge in [-0.25, -0.2) is 9.97 Å². The molecule has 1 aromatic heterocycles. The van der Waals surface area contributed by atoms with E-state index in [0.29, 0.717) is 5.92 Å². The quantitative estimate of drug-likeness (QED) is 0.856. The van der Waals surface area contributed by atoms with Crippen LogP contribution in [0.25, 0.3) is 0 Å². The van der Waals surface area contributed by atoms with Gasteiger partial charge in [-0.2, -0.15) is 0 Å². The molecule has 5 nitrogen and oxygen atoms in total. The molecule has 1 saturated carbocycles. The summed E-state index contributed by atoms with van der Waals surface area (Å²) >= 11 is 0. The van der Waals surface area contributed by atoms with Gasteiger partial charge in [0.2, 0.25) is 5.95 Å². The van der Waals surface area contributed by atoms with Crippen LogP contribution in [0.2, 0.25) is 0 Å². The van der Waals surface area contributed by atoms with Gasteiger partial charge < -0.3 is 16.0 Å². The van der Waals surface area contributed by atoms with Crippen molar-refractivity contribution in [3.63, 3.8) is 0 Å². The smallest absolute Gasteiger partial charge is 0.225 e. The number of nitrogens with two attached hydrogens (primary N) is 1. The summed E-state index contributed by atoms with van der Waals surface area (Å²) in [6.07, 6.45) is 10.6. The average molecular weight is 356 g/mol. The standard InChI is InChI=1S/C21H33N5/c1-14(2)16-4-6-26(7-5-16)20-23-12-18(13-24-20)25-19-11-21(22)9-15(3)8-17(19)10-21/h12-16,25H,4-11,22H2,1-3H3. The van der Waals surface area contributed by atoms with E-state index in [0.717, 1.165) is 55.8 Å². The second kappa shape index (κ2) is 6.84. The number of nitrogens with one attached hydrogen (secondary N) is 1. The van der Waals surface area contributed by atoms with Gasteiger partial charge in [-0.05, 0) is 55.4 Å². The van der Waals surface area contributed by atoms with E-state index in [2.05, 4.69) is 41.0 Å². The fraction of sp³-hybridized carbons (Fsp3) is 0.714. The predicted molar refractivity (Wildman–Crippen MR) is 107 cm³/mol. The second-order valence-electron chi connectivity index (χ2n) is 9.28. The number of hydrogen-bond acceptors (Lipinski definition) is 5. The topological polar surface area (TPSA) is 67.1 Å². The molecule has 2 unspecified atom stereocenters. The molecule has 142 valence electrons. The second-order valence-corrected chi connectivity index (χ2v) is 9.28. The maximum absolute atomic E-state index is 6.57. The molecule has 0 radical (unpaired) electrons. The molecule has 2 fully saturated rings. The van der Waals surface area contributed by atoms with Crippen molar-refractivity contribution in [3.05, 3.63) is 23.7 Å². The lowest BCUT2D eigenvalue weighted by atomic mass is 9.78. The molecule has 2 aliphatic carbocycles. The normalized spacial score (nSPS) is 29.6. The van der Waals surface area contributed by atoms with Gasteiger partial charge in [-0.3, -0.25) is 0 Å². The van der Waals surface area contributed by atoms with E-state index in [1.807, 2.05) is 12.4 Å². The van der Waals surface area contributed by atoms with E-state index in [1.54, 1.807) is 0 Å². The molecule has 2 atom stereocenters. The number of hydrogen-bond donors (Lipinski definition) is 2. The first-order chi connectivity index (χ1) is 12.4. The Bertz CT molecular complexity index is 672. The Morgan fingerprint density at radius 1 is 1.19 bits per heavy atom. The number of anilines is 2. The number of fused-ring (bicyclic) bond motifs is 2. The van der Waals surface area contributed by atoms with Crippen LogP contribution in [-0.2, 0) is 0 Å². The first-order valence-electron chi connectivity index (χ1n) is 10.3. The highest BCUT2D eigenvalue weighted by molar-refractivity contribution is 5.50. The molecule has 5 heteroatoms. The van der Waals surface area contributed by atoms with Gasteiger partial charge in [-0.1, -0.05) is 20.8 Å². The minimum Gasteiger partial charge on any atom is -0.356 e. The van der Waals surface area contributed by atoms with Gasteiger partial charge in [0.1, 0.15) is 0 Å². The van der Waals surface area contributed by atoms with Gasteiger partial charge in [0.05, 0.1) is 18.1 Å². The summed E-state index contributed by atoms with van der Waals surface area (Å²) in [5.74, 6) is 3.17. The fourth-order valence-corrected chi connectivity index (χ4v) is 5.22. The zero-order chi connectivity index (χ0) is 18.3. The molecule has 0 amide bonds. The lowest BCUT2D eigenvalue weighted by Crippen LogP contribution is -2.41. The summed E-state index contributed by atoms with van der Waals surface area (Å²) in [6.45, 7) is 9.11. The molecule has 1 saturated heterocycles. The molecule has 2 bridgehead atoms. The average Bonchev–Trinajstić information content (AvgIpc) is 2.84. The molecule has 1 aliphatic heterocycles. The first kappa shape index (κ1) is 17.8. The molecule has 26 heavy (non-hydrogen) atoms. The van der Waals surface area contributed by atoms with Crippen LogP contribution >= 0.6 is 0 Å². The van der Waals surface area contributed by atoms with Crippen LogP contribution in [0, 0.1) is 17.8 Å². The molecule has 4 rings (SSSR count). The lowest BCUT2D eigenvalue weighted by molar-refractivity contribution is 0.306. The number of piperidine rings is 1. The van der Waals surface area contributed by atoms with Gasteiger partial charge in [-0.15, -0.1) is 0 Å². The van der Waals surface area contributed by atoms with Crippen LogP contribution in [0.3, 0.4) is 0 Å². The van der Waals surface area contributed by atoms with E-state index in [-0.39, 0.29) is 5.54 Å². The van der Waals surface area contributed by atoms with Crippen LogP contribution in [0.15, 0.2) is 23.7 Å². The van der Waals surface area contributed by atoms with Crippen LogP contribution in [0.1, 0.15) is 59.3 Å². The molecular formula is C21H33N5. The third kappa shape index (κ3) is 3.59. The molecule has 0 aromatic carbocycles. The molecular weight excluding hydrogens is 322 g/mol.